The van der Waals surface area contributed by atoms with Crippen LogP contribution in [0.5, 0.6) is 0 Å². The summed E-state index contributed by atoms with van der Waals surface area (Å²) in [7, 11) is 0. The molecule has 0 saturated heterocycles. The molecule has 0 aliphatic carbocycles. The monoisotopic (exact) mass is 393 g/mol. The van der Waals surface area contributed by atoms with Gasteiger partial charge in [-0.05, 0) is 54.8 Å². The third-order valence-corrected chi connectivity index (χ3v) is 4.95. The number of aromatic amines is 1. The van der Waals surface area contributed by atoms with E-state index >= 15 is 0 Å². The van der Waals surface area contributed by atoms with Crippen molar-refractivity contribution in [2.75, 3.05) is 6.54 Å². The lowest BCUT2D eigenvalue weighted by Crippen LogP contribution is -2.30. The quantitative estimate of drug-likeness (QED) is 0.400. The lowest BCUT2D eigenvalue weighted by Gasteiger charge is -2.18. The number of halogens is 1. The highest BCUT2D eigenvalue weighted by atomic mass is 19.1. The van der Waals surface area contributed by atoms with Crippen LogP contribution in [0.4, 0.5) is 4.39 Å². The molecule has 148 valence electrons. The van der Waals surface area contributed by atoms with E-state index in [4.69, 9.17) is 0 Å². The lowest BCUT2D eigenvalue weighted by atomic mass is 10.1. The molecule has 0 saturated carbocycles. The van der Waals surface area contributed by atoms with Crippen molar-refractivity contribution >= 4 is 11.0 Å². The number of hydrogen-bond acceptors (Lipinski definition) is 5. The van der Waals surface area contributed by atoms with Crippen LogP contribution < -0.4 is 16.6 Å². The van der Waals surface area contributed by atoms with Crippen molar-refractivity contribution < 1.29 is 4.39 Å². The average Bonchev–Trinajstić information content (AvgIpc) is 2.66. The first-order valence-corrected chi connectivity index (χ1v) is 9.29. The molecule has 2 N–H and O–H groups in total. The molecule has 8 heteroatoms. The first-order valence-electron chi connectivity index (χ1n) is 9.29. The summed E-state index contributed by atoms with van der Waals surface area (Å²) in [6.07, 6.45) is 0. The second-order valence-corrected chi connectivity index (χ2v) is 7.04. The molecule has 0 unspecified atom stereocenters. The molecule has 0 bridgehead atoms. The molecule has 4 rings (SSSR count). The van der Waals surface area contributed by atoms with Gasteiger partial charge in [-0.25, -0.2) is 14.2 Å². The summed E-state index contributed by atoms with van der Waals surface area (Å²) in [5, 5.41) is 3.26. The van der Waals surface area contributed by atoms with Gasteiger partial charge in [0.2, 0.25) is 0 Å². The fraction of sp³-hybridized carbons (Fsp3) is 0.238. The minimum absolute atomic E-state index is 0.130. The van der Waals surface area contributed by atoms with Crippen LogP contribution in [-0.2, 0) is 13.1 Å². The molecule has 7 nitrogen and oxygen atoms in total. The molecule has 29 heavy (non-hydrogen) atoms. The Kier molecular flexibility index (Phi) is 4.94. The Labute approximate surface area is 165 Å². The first-order chi connectivity index (χ1) is 13.9. The highest BCUT2D eigenvalue weighted by Gasteiger charge is 2.19. The van der Waals surface area contributed by atoms with E-state index in [1.807, 2.05) is 36.6 Å². The highest BCUT2D eigenvalue weighted by Crippen LogP contribution is 2.23. The van der Waals surface area contributed by atoms with Gasteiger partial charge in [-0.3, -0.25) is 9.78 Å². The third kappa shape index (κ3) is 3.79. The molecule has 2 heterocycles. The Morgan fingerprint density at radius 3 is 2.69 bits per heavy atom. The Morgan fingerprint density at radius 1 is 1.10 bits per heavy atom. The van der Waals surface area contributed by atoms with Crippen LogP contribution in [0.2, 0.25) is 0 Å². The highest BCUT2D eigenvalue weighted by molar-refractivity contribution is 5.81. The van der Waals surface area contributed by atoms with Gasteiger partial charge in [0.1, 0.15) is 5.82 Å². The van der Waals surface area contributed by atoms with Gasteiger partial charge in [0.05, 0.1) is 11.0 Å². The maximum Gasteiger partial charge on any atom is 0.349 e. The van der Waals surface area contributed by atoms with Crippen molar-refractivity contribution in [1.82, 2.24) is 24.8 Å². The molecule has 2 aromatic carbocycles. The number of nitrogens with zero attached hydrogens (tertiary/aromatic N) is 3. The summed E-state index contributed by atoms with van der Waals surface area (Å²) in [6, 6.07) is 10.3. The summed E-state index contributed by atoms with van der Waals surface area (Å²) < 4.78 is 15.2. The van der Waals surface area contributed by atoms with Crippen LogP contribution in [0.3, 0.4) is 0 Å². The van der Waals surface area contributed by atoms with Gasteiger partial charge in [-0.1, -0.05) is 12.1 Å². The number of aromatic nitrogens is 4. The molecule has 0 fully saturated rings. The fourth-order valence-electron chi connectivity index (χ4n) is 3.35. The summed E-state index contributed by atoms with van der Waals surface area (Å²) in [5.74, 6) is -0.0240. The molecule has 2 aliphatic heterocycles. The molecule has 0 radical (unpaired) electrons. The van der Waals surface area contributed by atoms with Crippen LogP contribution in [0, 0.1) is 19.7 Å². The number of nitrogens with one attached hydrogen (secondary N) is 2. The maximum atomic E-state index is 13.3. The van der Waals surface area contributed by atoms with Crippen molar-refractivity contribution in [1.29, 1.82) is 0 Å². The van der Waals surface area contributed by atoms with Crippen LogP contribution in [0.1, 0.15) is 16.7 Å². The van der Waals surface area contributed by atoms with Gasteiger partial charge < -0.3 is 9.88 Å². The van der Waals surface area contributed by atoms with E-state index in [1.165, 1.54) is 12.1 Å². The Morgan fingerprint density at radius 2 is 1.90 bits per heavy atom. The summed E-state index contributed by atoms with van der Waals surface area (Å²) in [4.78, 5) is 34.7. The topological polar surface area (TPSA) is 92.7 Å². The maximum absolute atomic E-state index is 13.3. The van der Waals surface area contributed by atoms with Gasteiger partial charge >= 0.3 is 5.69 Å². The first kappa shape index (κ1) is 18.9. The number of rotatable bonds is 5. The Balaban J connectivity index is 1.71. The number of benzene rings is 2. The normalized spacial score (nSPS) is 11.4. The van der Waals surface area contributed by atoms with Crippen LogP contribution in [0.15, 0.2) is 46.0 Å². The van der Waals surface area contributed by atoms with Gasteiger partial charge in [0.15, 0.2) is 11.5 Å². The SMILES string of the molecule is Cc1cc2nc3c(=O)[nH]c(=O)nc-3n(CCNCc3cccc(F)c3)c2cc1C. The zero-order chi connectivity index (χ0) is 20.5. The number of hydrogen-bond donors (Lipinski definition) is 2. The molecular formula is C21H20FN5O2. The third-order valence-electron chi connectivity index (χ3n) is 4.95. The molecule has 0 aromatic heterocycles. The van der Waals surface area contributed by atoms with Crippen molar-refractivity contribution in [2.24, 2.45) is 0 Å². The molecule has 2 aromatic rings. The zero-order valence-electron chi connectivity index (χ0n) is 16.1. The minimum atomic E-state index is -0.700. The van der Waals surface area contributed by atoms with E-state index in [-0.39, 0.29) is 17.3 Å². The van der Waals surface area contributed by atoms with E-state index < -0.39 is 11.2 Å². The van der Waals surface area contributed by atoms with E-state index in [0.29, 0.717) is 25.2 Å². The molecule has 0 atom stereocenters. The van der Waals surface area contributed by atoms with Crippen LogP contribution in [0.25, 0.3) is 22.6 Å². The van der Waals surface area contributed by atoms with Gasteiger partial charge in [0, 0.05) is 19.6 Å². The van der Waals surface area contributed by atoms with Gasteiger partial charge in [-0.2, -0.15) is 4.98 Å². The molecule has 0 spiro atoms. The van der Waals surface area contributed by atoms with E-state index in [2.05, 4.69) is 20.3 Å². The average molecular weight is 393 g/mol. The van der Waals surface area contributed by atoms with Gasteiger partial charge in [-0.15, -0.1) is 0 Å². The second-order valence-electron chi connectivity index (χ2n) is 7.04. The minimum Gasteiger partial charge on any atom is -0.321 e. The Hall–Kier alpha value is -3.39. The van der Waals surface area contributed by atoms with Crippen molar-refractivity contribution in [3.05, 3.63) is 79.7 Å². The summed E-state index contributed by atoms with van der Waals surface area (Å²) >= 11 is 0. The fourth-order valence-corrected chi connectivity index (χ4v) is 3.35. The lowest BCUT2D eigenvalue weighted by molar-refractivity contribution is 0.595. The predicted octanol–water partition coefficient (Wildman–Crippen LogP) is 2.13. The summed E-state index contributed by atoms with van der Waals surface area (Å²) in [6.45, 7) is 5.47. The number of H-pyrrole nitrogens is 1. The van der Waals surface area contributed by atoms with Crippen molar-refractivity contribution in [2.45, 2.75) is 26.9 Å². The largest absolute Gasteiger partial charge is 0.349 e. The van der Waals surface area contributed by atoms with Crippen molar-refractivity contribution in [3.8, 4) is 11.5 Å². The Bertz CT molecular complexity index is 1290. The van der Waals surface area contributed by atoms with E-state index in [1.54, 1.807) is 6.07 Å². The number of fused-ring (bicyclic) bond motifs is 2. The van der Waals surface area contributed by atoms with Crippen LogP contribution >= 0.6 is 0 Å². The zero-order valence-corrected chi connectivity index (χ0v) is 16.1. The molecule has 0 amide bonds. The van der Waals surface area contributed by atoms with E-state index in [0.717, 1.165) is 22.2 Å². The molecular weight excluding hydrogens is 373 g/mol. The van der Waals surface area contributed by atoms with Crippen LogP contribution in [-0.4, -0.2) is 26.1 Å². The van der Waals surface area contributed by atoms with Gasteiger partial charge in [0.25, 0.3) is 5.56 Å². The summed E-state index contributed by atoms with van der Waals surface area (Å²) in [5.41, 5.74) is 3.31. The second kappa shape index (κ2) is 7.56. The smallest absolute Gasteiger partial charge is 0.321 e. The standard InChI is InChI=1S/C21H20FN5O2/c1-12-8-16-17(9-13(12)2)27(19-18(24-16)20(28)26-21(29)25-19)7-6-23-11-14-4-3-5-15(22)10-14/h3-5,8-10,23H,6-7,11H2,1-2H3,(H,26,28,29). The molecule has 2 aliphatic rings. The van der Waals surface area contributed by atoms with Crippen molar-refractivity contribution in [3.63, 3.8) is 0 Å². The van der Waals surface area contributed by atoms with E-state index in [9.17, 15) is 14.0 Å². The predicted molar refractivity (Wildman–Crippen MR) is 109 cm³/mol. The number of aryl methyl sites for hydroxylation is 2.